The molecule has 0 aliphatic heterocycles. The Morgan fingerprint density at radius 2 is 0.483 bits per heavy atom. The molecule has 516 valence electrons. The summed E-state index contributed by atoms with van der Waals surface area (Å²) in [6.07, 6.45) is 39.1. The van der Waals surface area contributed by atoms with Crippen molar-refractivity contribution in [3.05, 3.63) is 0 Å². The molecule has 17 nitrogen and oxygen atoms in total. The van der Waals surface area contributed by atoms with Crippen LogP contribution in [0.25, 0.3) is 0 Å². The maximum absolute atomic E-state index is 13.0. The van der Waals surface area contributed by atoms with Crippen molar-refractivity contribution in [2.24, 2.45) is 23.7 Å². The first-order chi connectivity index (χ1) is 41.6. The first-order valence-electron chi connectivity index (χ1n) is 35.2. The summed E-state index contributed by atoms with van der Waals surface area (Å²) in [6.45, 7) is 14.0. The monoisotopic (exact) mass is 1280 g/mol. The molecule has 0 radical (unpaired) electrons. The van der Waals surface area contributed by atoms with Crippen LogP contribution in [0.1, 0.15) is 331 Å². The van der Waals surface area contributed by atoms with E-state index in [4.69, 9.17) is 37.0 Å². The van der Waals surface area contributed by atoms with E-state index < -0.39 is 97.5 Å². The van der Waals surface area contributed by atoms with Gasteiger partial charge in [-0.15, -0.1) is 0 Å². The molecule has 19 heteroatoms. The molecule has 0 saturated heterocycles. The first-order valence-corrected chi connectivity index (χ1v) is 38.2. The molecule has 0 aromatic carbocycles. The zero-order chi connectivity index (χ0) is 64.7. The Hall–Kier alpha value is -1.94. The largest absolute Gasteiger partial charge is 0.472 e. The second kappa shape index (κ2) is 57.9. The summed E-state index contributed by atoms with van der Waals surface area (Å²) in [6, 6.07) is 0. The fraction of sp³-hybridized carbons (Fsp3) is 0.941. The van der Waals surface area contributed by atoms with E-state index in [2.05, 4.69) is 55.4 Å². The van der Waals surface area contributed by atoms with Crippen molar-refractivity contribution < 1.29 is 80.2 Å². The third-order valence-electron chi connectivity index (χ3n) is 15.6. The van der Waals surface area contributed by atoms with E-state index in [1.165, 1.54) is 128 Å². The molecule has 0 spiro atoms. The highest BCUT2D eigenvalue weighted by atomic mass is 31.2. The molecular weight excluding hydrogens is 1150 g/mol. The number of phosphoric ester groups is 2. The fourth-order valence-electron chi connectivity index (χ4n) is 10.1. The minimum absolute atomic E-state index is 0.104. The topological polar surface area (TPSA) is 237 Å². The van der Waals surface area contributed by atoms with Gasteiger partial charge in [-0.2, -0.15) is 0 Å². The third kappa shape index (κ3) is 62.6. The molecule has 5 atom stereocenters. The summed E-state index contributed by atoms with van der Waals surface area (Å²) in [5, 5.41) is 10.6. The highest BCUT2D eigenvalue weighted by molar-refractivity contribution is 7.47. The van der Waals surface area contributed by atoms with Gasteiger partial charge in [0, 0.05) is 25.7 Å². The van der Waals surface area contributed by atoms with Gasteiger partial charge in [0.1, 0.15) is 19.3 Å². The number of carbonyl (C=O) groups excluding carboxylic acids is 4. The van der Waals surface area contributed by atoms with E-state index >= 15 is 0 Å². The molecule has 0 aliphatic carbocycles. The van der Waals surface area contributed by atoms with Crippen molar-refractivity contribution in [2.45, 2.75) is 350 Å². The minimum atomic E-state index is -4.95. The van der Waals surface area contributed by atoms with Crippen molar-refractivity contribution in [3.63, 3.8) is 0 Å². The van der Waals surface area contributed by atoms with Gasteiger partial charge >= 0.3 is 39.5 Å². The molecule has 0 amide bonds. The number of hydrogen-bond acceptors (Lipinski definition) is 15. The van der Waals surface area contributed by atoms with Gasteiger partial charge in [-0.25, -0.2) is 9.13 Å². The Kier molecular flexibility index (Phi) is 56.6. The zero-order valence-corrected chi connectivity index (χ0v) is 58.4. The van der Waals surface area contributed by atoms with Gasteiger partial charge in [0.05, 0.1) is 26.4 Å². The average molecular weight is 1280 g/mol. The molecule has 0 saturated carbocycles. The lowest BCUT2D eigenvalue weighted by molar-refractivity contribution is -0.161. The van der Waals surface area contributed by atoms with Gasteiger partial charge in [0.2, 0.25) is 0 Å². The summed E-state index contributed by atoms with van der Waals surface area (Å²) in [5.74, 6) is 0.792. The van der Waals surface area contributed by atoms with Crippen LogP contribution in [-0.2, 0) is 65.4 Å². The summed E-state index contributed by atoms with van der Waals surface area (Å²) >= 11 is 0. The van der Waals surface area contributed by atoms with Gasteiger partial charge in [-0.1, -0.05) is 280 Å². The predicted molar refractivity (Wildman–Crippen MR) is 349 cm³/mol. The van der Waals surface area contributed by atoms with Crippen LogP contribution in [0, 0.1) is 23.7 Å². The summed E-state index contributed by atoms with van der Waals surface area (Å²) in [7, 11) is -9.90. The highest BCUT2D eigenvalue weighted by Gasteiger charge is 2.30. The molecule has 3 N–H and O–H groups in total. The molecular formula is C68H132O17P2. The number of unbranched alkanes of at least 4 members (excludes halogenated alkanes) is 31. The second-order valence-electron chi connectivity index (χ2n) is 26.5. The quantitative estimate of drug-likeness (QED) is 0.0222. The first kappa shape index (κ1) is 85.1. The Bertz CT molecular complexity index is 1730. The highest BCUT2D eigenvalue weighted by Crippen LogP contribution is 2.45. The summed E-state index contributed by atoms with van der Waals surface area (Å²) in [5.41, 5.74) is 0. The van der Waals surface area contributed by atoms with Crippen LogP contribution >= 0.6 is 15.6 Å². The van der Waals surface area contributed by atoms with Crippen molar-refractivity contribution in [1.29, 1.82) is 0 Å². The molecule has 0 bridgehead atoms. The molecule has 0 aromatic rings. The normalized spacial score (nSPS) is 14.3. The van der Waals surface area contributed by atoms with Gasteiger partial charge in [0.25, 0.3) is 0 Å². The number of esters is 4. The number of carbonyl (C=O) groups is 4. The standard InChI is InChI=1S/C68H132O17P2/c1-58(2)44-36-28-20-14-9-11-17-23-32-40-48-65(70)78-54-63(84-68(73)51-43-35-25-19-13-16-22-30-38-46-60(5)6)56-82-86(74,75)80-52-62(69)53-81-87(76,77)83-57-64(55-79-66(71)49-41-33-27-26-31-39-47-61(7)8)85-67(72)50-42-34-24-18-12-10-15-21-29-37-45-59(3)4/h58-64,69H,9-57H2,1-8H3,(H,74,75)(H,76,77)/t62-,63-,64-/m1/s1. The molecule has 0 aliphatic rings. The number of aliphatic hydroxyl groups is 1. The Labute approximate surface area is 530 Å². The van der Waals surface area contributed by atoms with E-state index in [0.717, 1.165) is 114 Å². The van der Waals surface area contributed by atoms with Crippen LogP contribution in [0.3, 0.4) is 0 Å². The van der Waals surface area contributed by atoms with Gasteiger partial charge in [0.15, 0.2) is 12.2 Å². The van der Waals surface area contributed by atoms with Crippen molar-refractivity contribution in [1.82, 2.24) is 0 Å². The Morgan fingerprint density at radius 1 is 0.287 bits per heavy atom. The molecule has 0 aromatic heterocycles. The van der Waals surface area contributed by atoms with Crippen LogP contribution in [0.2, 0.25) is 0 Å². The van der Waals surface area contributed by atoms with E-state index in [1.807, 2.05) is 0 Å². The fourth-order valence-corrected chi connectivity index (χ4v) is 11.7. The lowest BCUT2D eigenvalue weighted by Gasteiger charge is -2.21. The van der Waals surface area contributed by atoms with Crippen LogP contribution in [-0.4, -0.2) is 96.7 Å². The SMILES string of the molecule is CC(C)CCCCCCCCCCCCC(=O)OC[C@H](COP(=O)(O)OC[C@@H](O)COP(=O)(O)OC[C@@H](COC(=O)CCCCCCCCC(C)C)OC(=O)CCCCCCCCCCCCC(C)C)OC(=O)CCCCCCCCCCCC(C)C. The lowest BCUT2D eigenvalue weighted by Crippen LogP contribution is -2.30. The van der Waals surface area contributed by atoms with Gasteiger partial charge in [-0.3, -0.25) is 37.3 Å². The van der Waals surface area contributed by atoms with Crippen LogP contribution < -0.4 is 0 Å². The maximum atomic E-state index is 13.0. The molecule has 0 rings (SSSR count). The second-order valence-corrected chi connectivity index (χ2v) is 29.4. The Balaban J connectivity index is 5.25. The third-order valence-corrected chi connectivity index (χ3v) is 17.5. The Morgan fingerprint density at radius 3 is 0.713 bits per heavy atom. The number of hydrogen-bond donors (Lipinski definition) is 3. The number of ether oxygens (including phenoxy) is 4. The predicted octanol–water partition coefficient (Wildman–Crippen LogP) is 18.9. The van der Waals surface area contributed by atoms with Crippen molar-refractivity contribution in [3.8, 4) is 0 Å². The summed E-state index contributed by atoms with van der Waals surface area (Å²) < 4.78 is 68.2. The zero-order valence-electron chi connectivity index (χ0n) is 56.6. The number of phosphoric acid groups is 2. The summed E-state index contributed by atoms with van der Waals surface area (Å²) in [4.78, 5) is 72.4. The van der Waals surface area contributed by atoms with Crippen LogP contribution in [0.5, 0.6) is 0 Å². The van der Waals surface area contributed by atoms with Gasteiger partial charge < -0.3 is 33.8 Å². The number of rotatable bonds is 65. The van der Waals surface area contributed by atoms with E-state index in [9.17, 15) is 43.2 Å². The van der Waals surface area contributed by atoms with Crippen molar-refractivity contribution >= 4 is 39.5 Å². The maximum Gasteiger partial charge on any atom is 0.472 e. The van der Waals surface area contributed by atoms with E-state index in [-0.39, 0.29) is 25.7 Å². The lowest BCUT2D eigenvalue weighted by atomic mass is 10.0. The van der Waals surface area contributed by atoms with Gasteiger partial charge in [-0.05, 0) is 49.4 Å². The number of aliphatic hydroxyl groups excluding tert-OH is 1. The van der Waals surface area contributed by atoms with Crippen molar-refractivity contribution in [2.75, 3.05) is 39.6 Å². The molecule has 0 fully saturated rings. The van der Waals surface area contributed by atoms with Crippen LogP contribution in [0.15, 0.2) is 0 Å². The smallest absolute Gasteiger partial charge is 0.462 e. The van der Waals surface area contributed by atoms with Crippen LogP contribution in [0.4, 0.5) is 0 Å². The molecule has 0 heterocycles. The average Bonchev–Trinajstić information content (AvgIpc) is 3.47. The minimum Gasteiger partial charge on any atom is -0.462 e. The molecule has 2 unspecified atom stereocenters. The van der Waals surface area contributed by atoms with E-state index in [0.29, 0.717) is 31.6 Å². The van der Waals surface area contributed by atoms with E-state index in [1.54, 1.807) is 0 Å². The molecule has 87 heavy (non-hydrogen) atoms.